The molecular weight excluding hydrogens is 424 g/mol. The van der Waals surface area contributed by atoms with Crippen molar-refractivity contribution in [3.8, 4) is 0 Å². The normalized spacial score (nSPS) is 9.90. The summed E-state index contributed by atoms with van der Waals surface area (Å²) in [6.07, 6.45) is 16.8. The molecule has 1 aromatic rings. The van der Waals surface area contributed by atoms with E-state index in [1.165, 1.54) is 76.3 Å². The third kappa shape index (κ3) is 29.9. The van der Waals surface area contributed by atoms with Crippen LogP contribution in [-0.4, -0.2) is 24.7 Å². The summed E-state index contributed by atoms with van der Waals surface area (Å²) in [6.45, 7) is 6.64. The van der Waals surface area contributed by atoms with Crippen molar-refractivity contribution in [1.29, 1.82) is 0 Å². The summed E-state index contributed by atoms with van der Waals surface area (Å²) < 4.78 is 37.5. The topological polar surface area (TPSA) is 91.7 Å². The molecule has 1 rings (SSSR count). The Bertz CT molecular complexity index is 497. The first-order chi connectivity index (χ1) is 13.9. The molecule has 0 aliphatic carbocycles. The van der Waals surface area contributed by atoms with Crippen LogP contribution in [0.3, 0.4) is 0 Å². The predicted octanol–water partition coefficient (Wildman–Crippen LogP) is 6.33. The molecule has 7 heteroatoms. The molecule has 0 saturated heterocycles. The second-order valence-corrected chi connectivity index (χ2v) is 8.05. The summed E-state index contributed by atoms with van der Waals surface area (Å²) in [7, 11) is -4.00. The molecule has 0 heterocycles. The standard InChI is InChI=1S/C13H28O.C6H6O3S.C3H7.O.Ti/c1-2-3-4-5-6-7-8-9-10-11-12-13-14;7-10(8,9)6-4-2-1-3-5-6;1-3-2;;/h14H,2-13H2,1H3;1-5H,(H,7,8,9);3H,1-2H3;;/q;;-1;;+1. The molecule has 0 amide bonds. The van der Waals surface area contributed by atoms with Crippen LogP contribution in [0, 0.1) is 6.42 Å². The van der Waals surface area contributed by atoms with Gasteiger partial charge in [-0.25, -0.2) is 0 Å². The second kappa shape index (κ2) is 27.6. The molecule has 0 bridgehead atoms. The molecule has 29 heavy (non-hydrogen) atoms. The van der Waals surface area contributed by atoms with Gasteiger partial charge in [0.25, 0.3) is 10.1 Å². The van der Waals surface area contributed by atoms with Gasteiger partial charge in [0.1, 0.15) is 0 Å². The average Bonchev–Trinajstić information content (AvgIpc) is 2.72. The van der Waals surface area contributed by atoms with Gasteiger partial charge in [-0.15, -0.1) is 0 Å². The Kier molecular flexibility index (Phi) is 31.6. The summed E-state index contributed by atoms with van der Waals surface area (Å²) in [6, 6.07) is 7.42. The minimum atomic E-state index is -4.00. The maximum absolute atomic E-state index is 10.4. The Morgan fingerprint density at radius 3 is 1.41 bits per heavy atom. The third-order valence-electron chi connectivity index (χ3n) is 3.80. The van der Waals surface area contributed by atoms with E-state index in [0.717, 1.165) is 26.8 Å². The predicted molar refractivity (Wildman–Crippen MR) is 116 cm³/mol. The van der Waals surface area contributed by atoms with E-state index in [1.54, 1.807) is 18.2 Å². The summed E-state index contributed by atoms with van der Waals surface area (Å²) >= 11 is 0.750. The molecule has 0 radical (unpaired) electrons. The zero-order chi connectivity index (χ0) is 22.8. The van der Waals surface area contributed by atoms with Crippen molar-refractivity contribution in [3.63, 3.8) is 0 Å². The molecule has 0 aromatic heterocycles. The van der Waals surface area contributed by atoms with E-state index in [-0.39, 0.29) is 4.90 Å². The molecule has 5 nitrogen and oxygen atoms in total. The van der Waals surface area contributed by atoms with Crippen LogP contribution in [0.2, 0.25) is 0 Å². The fourth-order valence-corrected chi connectivity index (χ4v) is 2.87. The zero-order valence-electron chi connectivity index (χ0n) is 18.5. The summed E-state index contributed by atoms with van der Waals surface area (Å²) in [5, 5.41) is 8.59. The van der Waals surface area contributed by atoms with E-state index in [0.29, 0.717) is 6.61 Å². The number of benzene rings is 1. The van der Waals surface area contributed by atoms with Crippen molar-refractivity contribution in [3.05, 3.63) is 36.8 Å². The fraction of sp³-hybridized carbons (Fsp3) is 0.682. The fourth-order valence-electron chi connectivity index (χ4n) is 2.37. The van der Waals surface area contributed by atoms with Crippen molar-refractivity contribution < 1.29 is 41.8 Å². The van der Waals surface area contributed by atoms with Gasteiger partial charge in [-0.1, -0.05) is 89.3 Å². The van der Waals surface area contributed by atoms with Crippen LogP contribution >= 0.6 is 0 Å². The number of unbranched alkanes of at least 4 members (excludes halogenated alkanes) is 10. The average molecular weight is 465 g/mol. The SMILES string of the molecule is CCCCCCCCCCCCCO.C[CH-]C.O=S(=O)(O)c1ccccc1.[O]=[Ti+]. The Morgan fingerprint density at radius 1 is 0.793 bits per heavy atom. The van der Waals surface area contributed by atoms with Gasteiger partial charge in [0.15, 0.2) is 0 Å². The van der Waals surface area contributed by atoms with Crippen molar-refractivity contribution in [2.75, 3.05) is 6.61 Å². The Hall–Kier alpha value is -0.396. The van der Waals surface area contributed by atoms with Gasteiger partial charge < -0.3 is 11.5 Å². The molecule has 0 saturated carbocycles. The van der Waals surface area contributed by atoms with E-state index in [2.05, 4.69) is 6.92 Å². The van der Waals surface area contributed by atoms with Crippen LogP contribution in [0.4, 0.5) is 0 Å². The summed E-state index contributed by atoms with van der Waals surface area (Å²) in [5.74, 6) is 0. The number of hydrogen-bond acceptors (Lipinski definition) is 4. The zero-order valence-corrected chi connectivity index (χ0v) is 20.9. The molecule has 169 valence electrons. The van der Waals surface area contributed by atoms with Crippen molar-refractivity contribution >= 4 is 10.1 Å². The van der Waals surface area contributed by atoms with Crippen LogP contribution in [0.15, 0.2) is 35.2 Å². The van der Waals surface area contributed by atoms with Crippen LogP contribution in [0.25, 0.3) is 0 Å². The van der Waals surface area contributed by atoms with Crippen LogP contribution in [0.1, 0.15) is 91.4 Å². The van der Waals surface area contributed by atoms with Crippen LogP contribution in [-0.2, 0) is 33.8 Å². The summed E-state index contributed by atoms with van der Waals surface area (Å²) in [5.41, 5.74) is 0. The van der Waals surface area contributed by atoms with Gasteiger partial charge >= 0.3 is 23.7 Å². The maximum atomic E-state index is 10.4. The summed E-state index contributed by atoms with van der Waals surface area (Å²) in [4.78, 5) is -0.0741. The van der Waals surface area contributed by atoms with Gasteiger partial charge in [0.2, 0.25) is 0 Å². The number of aliphatic hydroxyl groups excluding tert-OH is 1. The van der Waals surface area contributed by atoms with E-state index in [1.807, 2.05) is 20.3 Å². The first kappa shape index (κ1) is 33.2. The Labute approximate surface area is 191 Å². The molecule has 0 atom stereocenters. The molecule has 0 spiro atoms. The number of rotatable bonds is 12. The molecule has 2 N–H and O–H groups in total. The minimum absolute atomic E-state index is 0.0741. The molecule has 0 fully saturated rings. The molecule has 0 aliphatic heterocycles. The van der Waals surface area contributed by atoms with Crippen molar-refractivity contribution in [1.82, 2.24) is 0 Å². The van der Waals surface area contributed by atoms with E-state index in [9.17, 15) is 8.42 Å². The number of hydrogen-bond donors (Lipinski definition) is 2. The van der Waals surface area contributed by atoms with E-state index < -0.39 is 10.1 Å². The second-order valence-electron chi connectivity index (χ2n) is 6.62. The van der Waals surface area contributed by atoms with Crippen LogP contribution in [0.5, 0.6) is 0 Å². The van der Waals surface area contributed by atoms with Gasteiger partial charge in [0.05, 0.1) is 4.90 Å². The van der Waals surface area contributed by atoms with Gasteiger partial charge in [-0.2, -0.15) is 22.3 Å². The number of aliphatic hydroxyl groups is 1. The molecule has 1 aromatic carbocycles. The Balaban J connectivity index is -0.000000392. The Morgan fingerprint density at radius 2 is 1.14 bits per heavy atom. The molecule has 0 aliphatic rings. The molecule has 0 unspecified atom stereocenters. The van der Waals surface area contributed by atoms with Gasteiger partial charge in [-0.3, -0.25) is 4.55 Å². The third-order valence-corrected chi connectivity index (χ3v) is 4.67. The van der Waals surface area contributed by atoms with Crippen molar-refractivity contribution in [2.24, 2.45) is 0 Å². The van der Waals surface area contributed by atoms with Crippen LogP contribution < -0.4 is 0 Å². The monoisotopic (exact) mass is 465 g/mol. The molecular formula is C22H41O5STi. The van der Waals surface area contributed by atoms with Gasteiger partial charge in [0, 0.05) is 6.61 Å². The van der Waals surface area contributed by atoms with Crippen molar-refractivity contribution in [2.45, 2.75) is 96.3 Å². The quantitative estimate of drug-likeness (QED) is 0.163. The van der Waals surface area contributed by atoms with E-state index >= 15 is 0 Å². The van der Waals surface area contributed by atoms with E-state index in [4.69, 9.17) is 13.0 Å². The first-order valence-corrected chi connectivity index (χ1v) is 12.6. The van der Waals surface area contributed by atoms with Gasteiger partial charge in [-0.05, 0) is 18.6 Å². The first-order valence-electron chi connectivity index (χ1n) is 10.5.